The molecule has 0 spiro atoms. The zero-order chi connectivity index (χ0) is 21.5. The lowest BCUT2D eigenvalue weighted by Crippen LogP contribution is -2.28. The molecule has 8 heteroatoms. The molecule has 0 bridgehead atoms. The molecule has 1 amide bonds. The second-order valence-electron chi connectivity index (χ2n) is 7.05. The second kappa shape index (κ2) is 9.78. The van der Waals surface area contributed by atoms with Crippen molar-refractivity contribution in [1.82, 2.24) is 20.2 Å². The zero-order valence-corrected chi connectivity index (χ0v) is 17.2. The highest BCUT2D eigenvalue weighted by Crippen LogP contribution is 2.34. The maximum atomic E-state index is 12.2. The van der Waals surface area contributed by atoms with Crippen molar-refractivity contribution in [1.29, 1.82) is 0 Å². The Morgan fingerprint density at radius 2 is 1.83 bits per heavy atom. The van der Waals surface area contributed by atoms with Gasteiger partial charge in [0.2, 0.25) is 5.91 Å². The number of anilines is 1. The van der Waals surface area contributed by atoms with Crippen molar-refractivity contribution in [3.05, 3.63) is 48.5 Å². The van der Waals surface area contributed by atoms with Crippen LogP contribution in [0.2, 0.25) is 0 Å². The van der Waals surface area contributed by atoms with E-state index >= 15 is 0 Å². The molecule has 0 radical (unpaired) electrons. The number of amides is 1. The molecule has 3 aromatic rings. The SMILES string of the molecule is CCCCCn1nnnc1-c1cc(N(C)C(=O)CC(=O)O)ccc1-c1ccccc1. The number of nitrogens with zero attached hydrogens (tertiary/aromatic N) is 5. The summed E-state index contributed by atoms with van der Waals surface area (Å²) < 4.78 is 1.78. The van der Waals surface area contributed by atoms with Crippen LogP contribution >= 0.6 is 0 Å². The maximum absolute atomic E-state index is 12.2. The average molecular weight is 407 g/mol. The maximum Gasteiger partial charge on any atom is 0.312 e. The predicted molar refractivity (Wildman–Crippen MR) is 114 cm³/mol. The van der Waals surface area contributed by atoms with Crippen LogP contribution in [0.15, 0.2) is 48.5 Å². The first-order valence-electron chi connectivity index (χ1n) is 9.95. The zero-order valence-electron chi connectivity index (χ0n) is 17.2. The summed E-state index contributed by atoms with van der Waals surface area (Å²) in [5.41, 5.74) is 3.31. The Hall–Kier alpha value is -3.55. The number of carboxylic acid groups (broad SMARTS) is 1. The van der Waals surface area contributed by atoms with Gasteiger partial charge in [-0.05, 0) is 40.1 Å². The highest BCUT2D eigenvalue weighted by molar-refractivity contribution is 6.03. The summed E-state index contributed by atoms with van der Waals surface area (Å²) in [6.07, 6.45) is 2.57. The monoisotopic (exact) mass is 407 g/mol. The Morgan fingerprint density at radius 3 is 2.53 bits per heavy atom. The molecule has 156 valence electrons. The number of carbonyl (C=O) groups is 2. The number of rotatable bonds is 9. The molecule has 0 saturated carbocycles. The van der Waals surface area contributed by atoms with E-state index in [-0.39, 0.29) is 0 Å². The molecular formula is C22H25N5O3. The van der Waals surface area contributed by atoms with Crippen LogP contribution in [0.1, 0.15) is 32.6 Å². The Labute approximate surface area is 175 Å². The van der Waals surface area contributed by atoms with Gasteiger partial charge < -0.3 is 10.0 Å². The fourth-order valence-electron chi connectivity index (χ4n) is 3.25. The summed E-state index contributed by atoms with van der Waals surface area (Å²) in [6.45, 7) is 2.84. The summed E-state index contributed by atoms with van der Waals surface area (Å²) in [4.78, 5) is 24.5. The van der Waals surface area contributed by atoms with Gasteiger partial charge in [-0.2, -0.15) is 0 Å². The molecule has 0 fully saturated rings. The number of aromatic nitrogens is 4. The Bertz CT molecular complexity index is 1020. The topological polar surface area (TPSA) is 101 Å². The molecule has 2 aromatic carbocycles. The molecule has 3 rings (SSSR count). The first-order chi connectivity index (χ1) is 14.5. The lowest BCUT2D eigenvalue weighted by atomic mass is 9.98. The molecular weight excluding hydrogens is 382 g/mol. The van der Waals surface area contributed by atoms with Crippen molar-refractivity contribution in [2.45, 2.75) is 39.2 Å². The van der Waals surface area contributed by atoms with E-state index in [9.17, 15) is 9.59 Å². The second-order valence-corrected chi connectivity index (χ2v) is 7.05. The molecule has 0 unspecified atom stereocenters. The van der Waals surface area contributed by atoms with Crippen molar-refractivity contribution in [2.75, 3.05) is 11.9 Å². The van der Waals surface area contributed by atoms with Crippen molar-refractivity contribution >= 4 is 17.6 Å². The van der Waals surface area contributed by atoms with Crippen molar-refractivity contribution in [3.8, 4) is 22.5 Å². The van der Waals surface area contributed by atoms with Crippen LogP contribution in [0.3, 0.4) is 0 Å². The van der Waals surface area contributed by atoms with Crippen LogP contribution in [0, 0.1) is 0 Å². The van der Waals surface area contributed by atoms with Crippen LogP contribution in [0.5, 0.6) is 0 Å². The van der Waals surface area contributed by atoms with E-state index in [1.165, 1.54) is 4.90 Å². The normalized spacial score (nSPS) is 10.7. The fourth-order valence-corrected chi connectivity index (χ4v) is 3.25. The van der Waals surface area contributed by atoms with E-state index in [4.69, 9.17) is 5.11 Å². The third-order valence-corrected chi connectivity index (χ3v) is 4.90. The highest BCUT2D eigenvalue weighted by Gasteiger charge is 2.19. The van der Waals surface area contributed by atoms with Gasteiger partial charge >= 0.3 is 5.97 Å². The summed E-state index contributed by atoms with van der Waals surface area (Å²) in [5.74, 6) is -1.04. The van der Waals surface area contributed by atoms with Crippen LogP contribution in [0.4, 0.5) is 5.69 Å². The summed E-state index contributed by atoms with van der Waals surface area (Å²) in [6, 6.07) is 15.4. The van der Waals surface area contributed by atoms with Gasteiger partial charge in [-0.25, -0.2) is 4.68 Å². The quantitative estimate of drug-likeness (QED) is 0.429. The van der Waals surface area contributed by atoms with Gasteiger partial charge in [0.15, 0.2) is 5.82 Å². The van der Waals surface area contributed by atoms with Gasteiger partial charge in [0.1, 0.15) is 6.42 Å². The number of unbranched alkanes of at least 4 members (excludes halogenated alkanes) is 2. The first-order valence-corrected chi connectivity index (χ1v) is 9.95. The van der Waals surface area contributed by atoms with Crippen molar-refractivity contribution in [3.63, 3.8) is 0 Å². The summed E-state index contributed by atoms with van der Waals surface area (Å²) in [5, 5.41) is 21.2. The molecule has 0 saturated heterocycles. The van der Waals surface area contributed by atoms with E-state index in [0.717, 1.165) is 36.0 Å². The molecule has 0 aliphatic rings. The predicted octanol–water partition coefficient (Wildman–Crippen LogP) is 3.63. The van der Waals surface area contributed by atoms with E-state index in [2.05, 4.69) is 22.4 Å². The average Bonchev–Trinajstić information content (AvgIpc) is 3.21. The van der Waals surface area contributed by atoms with Gasteiger partial charge in [-0.15, -0.1) is 5.10 Å². The lowest BCUT2D eigenvalue weighted by molar-refractivity contribution is -0.140. The molecule has 1 aromatic heterocycles. The molecule has 1 N–H and O–H groups in total. The smallest absolute Gasteiger partial charge is 0.312 e. The number of aliphatic carboxylic acids is 1. The Morgan fingerprint density at radius 1 is 1.07 bits per heavy atom. The number of hydrogen-bond donors (Lipinski definition) is 1. The first kappa shape index (κ1) is 21.2. The fraction of sp³-hybridized carbons (Fsp3) is 0.318. The van der Waals surface area contributed by atoms with Gasteiger partial charge in [0.25, 0.3) is 0 Å². The minimum Gasteiger partial charge on any atom is -0.481 e. The Kier molecular flexibility index (Phi) is 6.90. The van der Waals surface area contributed by atoms with Crippen LogP contribution < -0.4 is 4.90 Å². The van der Waals surface area contributed by atoms with E-state index in [0.29, 0.717) is 18.1 Å². The molecule has 0 aliphatic carbocycles. The number of benzene rings is 2. The summed E-state index contributed by atoms with van der Waals surface area (Å²) >= 11 is 0. The number of tetrazole rings is 1. The highest BCUT2D eigenvalue weighted by atomic mass is 16.4. The van der Waals surface area contributed by atoms with Crippen LogP contribution in [-0.4, -0.2) is 44.2 Å². The molecule has 1 heterocycles. The minimum absolute atomic E-state index is 0.497. The minimum atomic E-state index is -1.16. The van der Waals surface area contributed by atoms with Crippen LogP contribution in [-0.2, 0) is 16.1 Å². The standard InChI is InChI=1S/C22H25N5O3/c1-3-4-8-13-27-22(23-24-25-27)19-14-17(26(2)20(28)15-21(29)30)11-12-18(19)16-9-6-5-7-10-16/h5-7,9-12,14H,3-4,8,13,15H2,1-2H3,(H,29,30). The van der Waals surface area contributed by atoms with Crippen molar-refractivity contribution in [2.24, 2.45) is 0 Å². The molecule has 8 nitrogen and oxygen atoms in total. The van der Waals surface area contributed by atoms with Gasteiger partial charge in [-0.1, -0.05) is 56.2 Å². The van der Waals surface area contributed by atoms with E-state index in [1.807, 2.05) is 42.5 Å². The number of aryl methyl sites for hydroxylation is 1. The number of hydrogen-bond acceptors (Lipinski definition) is 5. The Balaban J connectivity index is 2.05. The third-order valence-electron chi connectivity index (χ3n) is 4.90. The molecule has 0 aliphatic heterocycles. The summed E-state index contributed by atoms with van der Waals surface area (Å²) in [7, 11) is 1.57. The largest absolute Gasteiger partial charge is 0.481 e. The van der Waals surface area contributed by atoms with Crippen molar-refractivity contribution < 1.29 is 14.7 Å². The van der Waals surface area contributed by atoms with Gasteiger partial charge in [0.05, 0.1) is 0 Å². The third kappa shape index (κ3) is 4.89. The molecule has 0 atom stereocenters. The number of carbonyl (C=O) groups excluding carboxylic acids is 1. The lowest BCUT2D eigenvalue weighted by Gasteiger charge is -2.19. The van der Waals surface area contributed by atoms with Gasteiger partial charge in [0, 0.05) is 24.8 Å². The molecule has 30 heavy (non-hydrogen) atoms. The van der Waals surface area contributed by atoms with Crippen LogP contribution in [0.25, 0.3) is 22.5 Å². The van der Waals surface area contributed by atoms with E-state index < -0.39 is 18.3 Å². The van der Waals surface area contributed by atoms with E-state index in [1.54, 1.807) is 17.8 Å². The number of carboxylic acids is 1. The van der Waals surface area contributed by atoms with Gasteiger partial charge in [-0.3, -0.25) is 9.59 Å².